The molecule has 5 rings (SSSR count). The molecule has 150 valence electrons. The highest BCUT2D eigenvalue weighted by molar-refractivity contribution is 6.04. The van der Waals surface area contributed by atoms with Crippen molar-refractivity contribution in [1.29, 1.82) is 0 Å². The molecule has 0 unspecified atom stereocenters. The van der Waals surface area contributed by atoms with E-state index in [9.17, 15) is 4.79 Å². The predicted octanol–water partition coefficient (Wildman–Crippen LogP) is 2.92. The maximum absolute atomic E-state index is 13.2. The van der Waals surface area contributed by atoms with Crippen molar-refractivity contribution in [2.75, 3.05) is 32.5 Å². The Morgan fingerprint density at radius 1 is 1.28 bits per heavy atom. The molecular weight excluding hydrogens is 364 g/mol. The summed E-state index contributed by atoms with van der Waals surface area (Å²) in [6.07, 6.45) is 10.3. The van der Waals surface area contributed by atoms with Crippen LogP contribution >= 0.6 is 0 Å². The van der Waals surface area contributed by atoms with Crippen LogP contribution in [0.15, 0.2) is 36.8 Å². The maximum Gasteiger partial charge on any atom is 0.222 e. The SMILES string of the molecule is CNc1ncc2c(n1)CC=C2c1ccn2ncc(C(=O)C3CCN(C)CC3)c2c1.[HH]. The van der Waals surface area contributed by atoms with Gasteiger partial charge in [-0.2, -0.15) is 5.10 Å². The molecule has 29 heavy (non-hydrogen) atoms. The Hall–Kier alpha value is -3.06. The second-order valence-electron chi connectivity index (χ2n) is 7.87. The molecule has 0 saturated carbocycles. The highest BCUT2D eigenvalue weighted by Gasteiger charge is 2.27. The second kappa shape index (κ2) is 7.08. The Kier molecular flexibility index (Phi) is 4.39. The van der Waals surface area contributed by atoms with Crippen LogP contribution < -0.4 is 5.32 Å². The topological polar surface area (TPSA) is 75.4 Å². The van der Waals surface area contributed by atoms with Gasteiger partial charge in [0.25, 0.3) is 0 Å². The maximum atomic E-state index is 13.2. The number of allylic oxidation sites excluding steroid dienone is 1. The van der Waals surface area contributed by atoms with Gasteiger partial charge in [-0.3, -0.25) is 4.79 Å². The van der Waals surface area contributed by atoms with E-state index in [2.05, 4.69) is 44.5 Å². The summed E-state index contributed by atoms with van der Waals surface area (Å²) in [6.45, 7) is 1.94. The van der Waals surface area contributed by atoms with Crippen molar-refractivity contribution >= 4 is 22.8 Å². The highest BCUT2D eigenvalue weighted by Crippen LogP contribution is 2.33. The summed E-state index contributed by atoms with van der Waals surface area (Å²) in [6, 6.07) is 4.11. The fraction of sp³-hybridized carbons (Fsp3) is 0.364. The minimum Gasteiger partial charge on any atom is -0.357 e. The fourth-order valence-electron chi connectivity index (χ4n) is 4.33. The van der Waals surface area contributed by atoms with Crippen LogP contribution in [0.3, 0.4) is 0 Å². The molecule has 7 heteroatoms. The number of nitrogens with zero attached hydrogens (tertiary/aromatic N) is 5. The first-order valence-corrected chi connectivity index (χ1v) is 10.1. The molecule has 3 aromatic heterocycles. The molecule has 1 N–H and O–H groups in total. The van der Waals surface area contributed by atoms with Crippen molar-refractivity contribution in [3.8, 4) is 0 Å². The first kappa shape index (κ1) is 18.0. The number of nitrogens with one attached hydrogen (secondary N) is 1. The number of fused-ring (bicyclic) bond motifs is 2. The molecule has 1 aliphatic heterocycles. The zero-order valence-electron chi connectivity index (χ0n) is 16.7. The molecule has 0 spiro atoms. The molecule has 3 aromatic rings. The second-order valence-corrected chi connectivity index (χ2v) is 7.87. The normalized spacial score (nSPS) is 17.4. The van der Waals surface area contributed by atoms with Crippen molar-refractivity contribution in [1.82, 2.24) is 24.5 Å². The quantitative estimate of drug-likeness (QED) is 0.691. The Balaban J connectivity index is 0.00000218. The molecule has 0 bridgehead atoms. The Labute approximate surface area is 171 Å². The summed E-state index contributed by atoms with van der Waals surface area (Å²) in [5, 5.41) is 7.41. The first-order valence-electron chi connectivity index (χ1n) is 10.1. The van der Waals surface area contributed by atoms with E-state index < -0.39 is 0 Å². The van der Waals surface area contributed by atoms with Gasteiger partial charge in [-0.05, 0) is 56.2 Å². The number of likely N-dealkylation sites (tertiary alicyclic amines) is 1. The van der Waals surface area contributed by atoms with Crippen molar-refractivity contribution in [2.45, 2.75) is 19.3 Å². The van der Waals surface area contributed by atoms with Crippen LogP contribution in [0.5, 0.6) is 0 Å². The Bertz CT molecular complexity index is 1130. The number of carbonyl (C=O) groups excluding carboxylic acids is 1. The van der Waals surface area contributed by atoms with E-state index >= 15 is 0 Å². The third kappa shape index (κ3) is 3.11. The lowest BCUT2D eigenvalue weighted by Crippen LogP contribution is -2.33. The molecular formula is C22H26N6O. The number of carbonyl (C=O) groups is 1. The highest BCUT2D eigenvalue weighted by atomic mass is 16.1. The fourth-order valence-corrected chi connectivity index (χ4v) is 4.33. The lowest BCUT2D eigenvalue weighted by Gasteiger charge is -2.27. The van der Waals surface area contributed by atoms with Gasteiger partial charge in [-0.25, -0.2) is 14.5 Å². The lowest BCUT2D eigenvalue weighted by molar-refractivity contribution is 0.0858. The number of Topliss-reactive ketones (excluding diaryl/α,β-unsaturated/α-hetero) is 1. The summed E-state index contributed by atoms with van der Waals surface area (Å²) in [7, 11) is 3.93. The number of piperidine rings is 1. The van der Waals surface area contributed by atoms with Crippen molar-refractivity contribution < 1.29 is 6.22 Å². The molecule has 2 aliphatic rings. The molecule has 0 aromatic carbocycles. The molecule has 0 amide bonds. The zero-order chi connectivity index (χ0) is 20.0. The van der Waals surface area contributed by atoms with Gasteiger partial charge in [0, 0.05) is 38.8 Å². The summed E-state index contributed by atoms with van der Waals surface area (Å²) in [5.41, 5.74) is 5.85. The minimum absolute atomic E-state index is 0. The van der Waals surface area contributed by atoms with Gasteiger partial charge in [0.05, 0.1) is 23.0 Å². The smallest absolute Gasteiger partial charge is 0.222 e. The van der Waals surface area contributed by atoms with E-state index in [1.165, 1.54) is 0 Å². The van der Waals surface area contributed by atoms with Gasteiger partial charge < -0.3 is 10.2 Å². The molecule has 1 saturated heterocycles. The monoisotopic (exact) mass is 390 g/mol. The van der Waals surface area contributed by atoms with E-state index in [1.54, 1.807) is 10.7 Å². The van der Waals surface area contributed by atoms with Crippen molar-refractivity contribution in [3.63, 3.8) is 0 Å². The minimum atomic E-state index is 0. The van der Waals surface area contributed by atoms with Gasteiger partial charge >= 0.3 is 0 Å². The van der Waals surface area contributed by atoms with E-state index in [0.29, 0.717) is 5.95 Å². The number of rotatable bonds is 4. The Morgan fingerprint density at radius 3 is 2.90 bits per heavy atom. The third-order valence-corrected chi connectivity index (χ3v) is 6.07. The standard InChI is InChI=1S/C22H24N6O.H2/c1-23-22-24-12-17-16(3-4-19(17)26-22)15-7-10-28-20(11-15)18(13-25-28)21(29)14-5-8-27(2)9-6-14;/h3,7,10-14H,4-6,8-9H2,1-2H3,(H,23,24,26);1H. The summed E-state index contributed by atoms with van der Waals surface area (Å²) in [5.74, 6) is 0.936. The average Bonchev–Trinajstić information content (AvgIpc) is 3.37. The molecule has 1 fully saturated rings. The van der Waals surface area contributed by atoms with Crippen LogP contribution in [0.25, 0.3) is 11.1 Å². The summed E-state index contributed by atoms with van der Waals surface area (Å²) < 4.78 is 1.79. The molecule has 1 aliphatic carbocycles. The molecule has 0 atom stereocenters. The zero-order valence-corrected chi connectivity index (χ0v) is 16.7. The summed E-state index contributed by atoms with van der Waals surface area (Å²) in [4.78, 5) is 24.4. The van der Waals surface area contributed by atoms with Crippen LogP contribution in [0.1, 0.15) is 41.4 Å². The largest absolute Gasteiger partial charge is 0.357 e. The van der Waals surface area contributed by atoms with Crippen LogP contribution in [0.2, 0.25) is 0 Å². The van der Waals surface area contributed by atoms with E-state index in [-0.39, 0.29) is 13.1 Å². The predicted molar refractivity (Wildman–Crippen MR) is 114 cm³/mol. The van der Waals surface area contributed by atoms with E-state index in [4.69, 9.17) is 0 Å². The van der Waals surface area contributed by atoms with Crippen LogP contribution in [0, 0.1) is 5.92 Å². The van der Waals surface area contributed by atoms with Gasteiger partial charge in [0.15, 0.2) is 5.78 Å². The summed E-state index contributed by atoms with van der Waals surface area (Å²) >= 11 is 0. The lowest BCUT2D eigenvalue weighted by atomic mass is 9.89. The van der Waals surface area contributed by atoms with Gasteiger partial charge in [0.1, 0.15) is 0 Å². The molecule has 7 nitrogen and oxygen atoms in total. The van der Waals surface area contributed by atoms with Crippen LogP contribution in [0.4, 0.5) is 5.95 Å². The van der Waals surface area contributed by atoms with Gasteiger partial charge in [-0.15, -0.1) is 0 Å². The van der Waals surface area contributed by atoms with Crippen molar-refractivity contribution in [2.24, 2.45) is 5.92 Å². The first-order chi connectivity index (χ1) is 14.1. The molecule has 0 radical (unpaired) electrons. The third-order valence-electron chi connectivity index (χ3n) is 6.07. The molecule has 4 heterocycles. The van der Waals surface area contributed by atoms with E-state index in [1.807, 2.05) is 25.5 Å². The van der Waals surface area contributed by atoms with Gasteiger partial charge in [0.2, 0.25) is 5.95 Å². The number of hydrogen-bond acceptors (Lipinski definition) is 6. The van der Waals surface area contributed by atoms with Crippen LogP contribution in [-0.4, -0.2) is 57.5 Å². The number of pyridine rings is 1. The number of ketones is 1. The number of anilines is 1. The average molecular weight is 390 g/mol. The number of aromatic nitrogens is 4. The van der Waals surface area contributed by atoms with Crippen molar-refractivity contribution in [3.05, 3.63) is 59.2 Å². The van der Waals surface area contributed by atoms with E-state index in [0.717, 1.165) is 65.8 Å². The Morgan fingerprint density at radius 2 is 2.10 bits per heavy atom. The van der Waals surface area contributed by atoms with Crippen LogP contribution in [-0.2, 0) is 6.42 Å². The number of hydrogen-bond donors (Lipinski definition) is 1. The van der Waals surface area contributed by atoms with Gasteiger partial charge in [-0.1, -0.05) is 6.08 Å².